The van der Waals surface area contributed by atoms with E-state index in [1.165, 1.54) is 0 Å². The van der Waals surface area contributed by atoms with Gasteiger partial charge in [0.05, 0.1) is 11.6 Å². The second kappa shape index (κ2) is 7.40. The van der Waals surface area contributed by atoms with Gasteiger partial charge in [0.25, 0.3) is 0 Å². The van der Waals surface area contributed by atoms with Crippen LogP contribution in [-0.2, 0) is 0 Å². The lowest BCUT2D eigenvalue weighted by Crippen LogP contribution is -2.28. The van der Waals surface area contributed by atoms with Crippen LogP contribution in [0.2, 0.25) is 0 Å². The monoisotopic (exact) mass is 309 g/mol. The molecule has 1 aromatic carbocycles. The van der Waals surface area contributed by atoms with Crippen LogP contribution in [0.15, 0.2) is 22.7 Å². The Hall–Kier alpha value is -1.05. The molecule has 0 aliphatic heterocycles. The number of hydrogen-bond donors (Lipinski definition) is 1. The van der Waals surface area contributed by atoms with E-state index in [4.69, 9.17) is 5.26 Å². The molecule has 0 fully saturated rings. The number of nitrogens with one attached hydrogen (secondary N) is 1. The Morgan fingerprint density at radius 1 is 1.44 bits per heavy atom. The maximum absolute atomic E-state index is 8.78. The summed E-state index contributed by atoms with van der Waals surface area (Å²) in [6.45, 7) is 6.41. The molecule has 3 nitrogen and oxygen atoms in total. The molecule has 0 atom stereocenters. The van der Waals surface area contributed by atoms with Crippen molar-refractivity contribution in [2.24, 2.45) is 0 Å². The predicted molar refractivity (Wildman–Crippen MR) is 79.7 cm³/mol. The summed E-state index contributed by atoms with van der Waals surface area (Å²) in [7, 11) is 2.14. The van der Waals surface area contributed by atoms with Crippen LogP contribution >= 0.6 is 15.9 Å². The van der Waals surface area contributed by atoms with Gasteiger partial charge >= 0.3 is 0 Å². The molecule has 0 heterocycles. The molecule has 1 N–H and O–H groups in total. The summed E-state index contributed by atoms with van der Waals surface area (Å²) >= 11 is 3.47. The van der Waals surface area contributed by atoms with Crippen LogP contribution in [0.3, 0.4) is 0 Å². The fourth-order valence-corrected chi connectivity index (χ4v) is 2.06. The normalized spacial score (nSPS) is 10.7. The number of nitrogens with zero attached hydrogens (tertiary/aromatic N) is 2. The van der Waals surface area contributed by atoms with E-state index in [0.717, 1.165) is 29.7 Å². The van der Waals surface area contributed by atoms with Crippen LogP contribution in [0.5, 0.6) is 0 Å². The highest BCUT2D eigenvalue weighted by Crippen LogP contribution is 2.23. The van der Waals surface area contributed by atoms with Crippen molar-refractivity contribution in [1.29, 1.82) is 5.26 Å². The third-order valence-corrected chi connectivity index (χ3v) is 3.64. The van der Waals surface area contributed by atoms with Gasteiger partial charge in [-0.15, -0.1) is 0 Å². The van der Waals surface area contributed by atoms with Crippen LogP contribution in [0.25, 0.3) is 0 Å². The zero-order chi connectivity index (χ0) is 13.5. The fourth-order valence-electron chi connectivity index (χ4n) is 1.54. The number of anilines is 1. The SMILES string of the molecule is CC(C)N(C)CCCNc1ccc(C#N)cc1Br. The zero-order valence-corrected chi connectivity index (χ0v) is 12.8. The molecule has 1 aromatic rings. The lowest BCUT2D eigenvalue weighted by atomic mass is 10.2. The largest absolute Gasteiger partial charge is 0.384 e. The lowest BCUT2D eigenvalue weighted by molar-refractivity contribution is 0.273. The Morgan fingerprint density at radius 3 is 2.72 bits per heavy atom. The summed E-state index contributed by atoms with van der Waals surface area (Å²) in [6, 6.07) is 8.32. The minimum absolute atomic E-state index is 0.589. The molecule has 0 bridgehead atoms. The van der Waals surface area contributed by atoms with Crippen LogP contribution in [0.1, 0.15) is 25.8 Å². The lowest BCUT2D eigenvalue weighted by Gasteiger charge is -2.21. The van der Waals surface area contributed by atoms with Gasteiger partial charge in [0.15, 0.2) is 0 Å². The van der Waals surface area contributed by atoms with Crippen LogP contribution in [-0.4, -0.2) is 31.1 Å². The van der Waals surface area contributed by atoms with E-state index in [1.54, 1.807) is 0 Å². The molecule has 0 aliphatic carbocycles. The van der Waals surface area contributed by atoms with Crippen molar-refractivity contribution >= 4 is 21.6 Å². The molecule has 0 saturated carbocycles. The average molecular weight is 310 g/mol. The third kappa shape index (κ3) is 4.67. The molecule has 0 unspecified atom stereocenters. The minimum Gasteiger partial charge on any atom is -0.384 e. The summed E-state index contributed by atoms with van der Waals surface area (Å²) in [5.41, 5.74) is 1.72. The van der Waals surface area contributed by atoms with E-state index in [-0.39, 0.29) is 0 Å². The van der Waals surface area contributed by atoms with Crippen LogP contribution in [0.4, 0.5) is 5.69 Å². The average Bonchev–Trinajstić information content (AvgIpc) is 2.35. The highest BCUT2D eigenvalue weighted by molar-refractivity contribution is 9.10. The Bertz CT molecular complexity index is 424. The first-order chi connectivity index (χ1) is 8.54. The molecule has 0 radical (unpaired) electrons. The molecular weight excluding hydrogens is 290 g/mol. The molecule has 4 heteroatoms. The van der Waals surface area contributed by atoms with Gasteiger partial charge in [0.1, 0.15) is 0 Å². The summed E-state index contributed by atoms with van der Waals surface area (Å²) in [4.78, 5) is 2.33. The number of nitriles is 1. The molecule has 0 aromatic heterocycles. The van der Waals surface area contributed by atoms with Crippen LogP contribution < -0.4 is 5.32 Å². The summed E-state index contributed by atoms with van der Waals surface area (Å²) in [6.07, 6.45) is 1.10. The molecule has 0 aliphatic rings. The van der Waals surface area contributed by atoms with Crippen molar-refractivity contribution in [3.63, 3.8) is 0 Å². The first-order valence-electron chi connectivity index (χ1n) is 6.18. The first-order valence-corrected chi connectivity index (χ1v) is 6.97. The highest BCUT2D eigenvalue weighted by atomic mass is 79.9. The topological polar surface area (TPSA) is 39.1 Å². The molecule has 0 amide bonds. The molecule has 0 saturated heterocycles. The molecular formula is C14H20BrN3. The van der Waals surface area contributed by atoms with Gasteiger partial charge < -0.3 is 10.2 Å². The van der Waals surface area contributed by atoms with Crippen molar-refractivity contribution in [2.75, 3.05) is 25.5 Å². The zero-order valence-electron chi connectivity index (χ0n) is 11.2. The minimum atomic E-state index is 0.589. The second-order valence-electron chi connectivity index (χ2n) is 4.66. The fraction of sp³-hybridized carbons (Fsp3) is 0.500. The molecule has 98 valence electrons. The van der Waals surface area contributed by atoms with Crippen LogP contribution in [0, 0.1) is 11.3 Å². The Balaban J connectivity index is 2.38. The Morgan fingerprint density at radius 2 is 2.17 bits per heavy atom. The summed E-state index contributed by atoms with van der Waals surface area (Å²) in [5, 5.41) is 12.2. The van der Waals surface area contributed by atoms with Crippen molar-refractivity contribution in [2.45, 2.75) is 26.3 Å². The number of benzene rings is 1. The third-order valence-electron chi connectivity index (χ3n) is 2.98. The van der Waals surface area contributed by atoms with E-state index >= 15 is 0 Å². The quantitative estimate of drug-likeness (QED) is 0.818. The van der Waals surface area contributed by atoms with Gasteiger partial charge in [-0.1, -0.05) is 0 Å². The maximum atomic E-state index is 8.78. The van der Waals surface area contributed by atoms with Crippen molar-refractivity contribution in [3.05, 3.63) is 28.2 Å². The molecule has 1 rings (SSSR count). The van der Waals surface area contributed by atoms with Gasteiger partial charge in [-0.25, -0.2) is 0 Å². The molecule has 0 spiro atoms. The summed E-state index contributed by atoms with van der Waals surface area (Å²) < 4.78 is 0.943. The van der Waals surface area contributed by atoms with Gasteiger partial charge in [-0.05, 0) is 68.0 Å². The molecule has 18 heavy (non-hydrogen) atoms. The van der Waals surface area contributed by atoms with E-state index in [0.29, 0.717) is 11.6 Å². The van der Waals surface area contributed by atoms with Gasteiger partial charge in [-0.3, -0.25) is 0 Å². The Kier molecular flexibility index (Phi) is 6.17. The van der Waals surface area contributed by atoms with Crippen molar-refractivity contribution in [3.8, 4) is 6.07 Å². The van der Waals surface area contributed by atoms with Gasteiger partial charge in [0.2, 0.25) is 0 Å². The number of halogens is 1. The smallest absolute Gasteiger partial charge is 0.0992 e. The van der Waals surface area contributed by atoms with E-state index in [9.17, 15) is 0 Å². The van der Waals surface area contributed by atoms with Crippen molar-refractivity contribution < 1.29 is 0 Å². The standard InChI is InChI=1S/C14H20BrN3/c1-11(2)18(3)8-4-7-17-14-6-5-12(10-16)9-13(14)15/h5-6,9,11,17H,4,7-8H2,1-3H3. The van der Waals surface area contributed by atoms with E-state index < -0.39 is 0 Å². The maximum Gasteiger partial charge on any atom is 0.0992 e. The number of rotatable bonds is 6. The summed E-state index contributed by atoms with van der Waals surface area (Å²) in [5.74, 6) is 0. The van der Waals surface area contributed by atoms with E-state index in [1.807, 2.05) is 18.2 Å². The van der Waals surface area contributed by atoms with Gasteiger partial charge in [-0.2, -0.15) is 5.26 Å². The van der Waals surface area contributed by atoms with E-state index in [2.05, 4.69) is 53.1 Å². The predicted octanol–water partition coefficient (Wildman–Crippen LogP) is 3.46. The van der Waals surface area contributed by atoms with Gasteiger partial charge in [0, 0.05) is 22.7 Å². The first kappa shape index (κ1) is 15.0. The second-order valence-corrected chi connectivity index (χ2v) is 5.52. The van der Waals surface area contributed by atoms with Crippen molar-refractivity contribution in [1.82, 2.24) is 4.90 Å². The number of hydrogen-bond acceptors (Lipinski definition) is 3. The Labute approximate surface area is 118 Å². The highest BCUT2D eigenvalue weighted by Gasteiger charge is 2.03.